The number of amides is 1. The molecule has 2 heterocycles. The fourth-order valence-corrected chi connectivity index (χ4v) is 2.35. The van der Waals surface area contributed by atoms with Crippen LogP contribution in [-0.4, -0.2) is 15.9 Å². The second kappa shape index (κ2) is 7.67. The fourth-order valence-electron chi connectivity index (χ4n) is 2.17. The predicted molar refractivity (Wildman–Crippen MR) is 92.5 cm³/mol. The number of furan rings is 1. The average molecular weight is 397 g/mol. The Labute approximate surface area is 156 Å². The zero-order valence-electron chi connectivity index (χ0n) is 13.5. The first kappa shape index (κ1) is 18.7. The van der Waals surface area contributed by atoms with E-state index in [4.69, 9.17) is 16.0 Å². The molecule has 3 rings (SSSR count). The maximum atomic E-state index is 13.1. The van der Waals surface area contributed by atoms with Crippen LogP contribution in [0.3, 0.4) is 0 Å². The highest BCUT2D eigenvalue weighted by molar-refractivity contribution is 6.30. The summed E-state index contributed by atoms with van der Waals surface area (Å²) in [6, 6.07) is 6.58. The summed E-state index contributed by atoms with van der Waals surface area (Å²) in [7, 11) is 0. The monoisotopic (exact) mass is 396 g/mol. The van der Waals surface area contributed by atoms with Gasteiger partial charge in [-0.15, -0.1) is 0 Å². The quantitative estimate of drug-likeness (QED) is 0.658. The van der Waals surface area contributed by atoms with Crippen LogP contribution in [0.5, 0.6) is 0 Å². The van der Waals surface area contributed by atoms with E-state index in [-0.39, 0.29) is 10.7 Å². The number of anilines is 2. The SMILES string of the molecule is O=C(Nc1ccc(Cl)cc1C(F)(F)F)c1cnc(NCc2ccco2)cn1. The van der Waals surface area contributed by atoms with Crippen LogP contribution in [0, 0.1) is 0 Å². The molecule has 2 aromatic heterocycles. The van der Waals surface area contributed by atoms with Gasteiger partial charge in [0.25, 0.3) is 5.91 Å². The first-order valence-corrected chi connectivity index (χ1v) is 7.97. The molecule has 6 nitrogen and oxygen atoms in total. The number of carbonyl (C=O) groups excluding carboxylic acids is 1. The molecule has 1 aromatic carbocycles. The summed E-state index contributed by atoms with van der Waals surface area (Å²) in [5, 5.41) is 5.02. The van der Waals surface area contributed by atoms with Gasteiger partial charge in [-0.05, 0) is 30.3 Å². The van der Waals surface area contributed by atoms with Crippen LogP contribution in [0.4, 0.5) is 24.7 Å². The van der Waals surface area contributed by atoms with E-state index in [2.05, 4.69) is 20.6 Å². The summed E-state index contributed by atoms with van der Waals surface area (Å²) in [4.78, 5) is 20.1. The number of alkyl halides is 3. The zero-order chi connectivity index (χ0) is 19.4. The lowest BCUT2D eigenvalue weighted by molar-refractivity contribution is -0.136. The topological polar surface area (TPSA) is 80.0 Å². The third kappa shape index (κ3) is 4.76. The molecule has 2 N–H and O–H groups in total. The Morgan fingerprint density at radius 2 is 2.00 bits per heavy atom. The summed E-state index contributed by atoms with van der Waals surface area (Å²) in [5.41, 5.74) is -1.60. The van der Waals surface area contributed by atoms with Gasteiger partial charge >= 0.3 is 6.18 Å². The number of aromatic nitrogens is 2. The van der Waals surface area contributed by atoms with Crippen LogP contribution in [0.1, 0.15) is 21.8 Å². The largest absolute Gasteiger partial charge is 0.467 e. The first-order valence-electron chi connectivity index (χ1n) is 7.59. The van der Waals surface area contributed by atoms with E-state index >= 15 is 0 Å². The lowest BCUT2D eigenvalue weighted by Gasteiger charge is -2.14. The van der Waals surface area contributed by atoms with Gasteiger partial charge < -0.3 is 15.1 Å². The number of carbonyl (C=O) groups is 1. The molecule has 0 saturated heterocycles. The third-order valence-electron chi connectivity index (χ3n) is 3.44. The van der Waals surface area contributed by atoms with Gasteiger partial charge in [0.1, 0.15) is 17.3 Å². The molecule has 1 amide bonds. The highest BCUT2D eigenvalue weighted by Gasteiger charge is 2.34. The zero-order valence-corrected chi connectivity index (χ0v) is 14.3. The lowest BCUT2D eigenvalue weighted by Crippen LogP contribution is -2.18. The van der Waals surface area contributed by atoms with Crippen LogP contribution < -0.4 is 10.6 Å². The smallest absolute Gasteiger partial charge is 0.418 e. The summed E-state index contributed by atoms with van der Waals surface area (Å²) >= 11 is 5.61. The van der Waals surface area contributed by atoms with Gasteiger partial charge in [0, 0.05) is 5.02 Å². The van der Waals surface area contributed by atoms with E-state index in [9.17, 15) is 18.0 Å². The first-order chi connectivity index (χ1) is 12.8. The number of nitrogens with zero attached hydrogens (tertiary/aromatic N) is 2. The van der Waals surface area contributed by atoms with E-state index < -0.39 is 23.3 Å². The summed E-state index contributed by atoms with van der Waals surface area (Å²) < 4.78 is 44.4. The molecular formula is C17H12ClF3N4O2. The third-order valence-corrected chi connectivity index (χ3v) is 3.68. The Hall–Kier alpha value is -3.07. The molecule has 0 radical (unpaired) electrons. The second-order valence-corrected chi connectivity index (χ2v) is 5.80. The molecule has 3 aromatic rings. The van der Waals surface area contributed by atoms with Crippen molar-refractivity contribution in [1.82, 2.24) is 9.97 Å². The molecule has 0 spiro atoms. The normalized spacial score (nSPS) is 11.3. The van der Waals surface area contributed by atoms with Gasteiger partial charge in [0.2, 0.25) is 0 Å². The molecule has 0 unspecified atom stereocenters. The van der Waals surface area contributed by atoms with Crippen molar-refractivity contribution in [2.75, 3.05) is 10.6 Å². The number of hydrogen-bond donors (Lipinski definition) is 2. The predicted octanol–water partition coefficient (Wildman–Crippen LogP) is 4.61. The van der Waals surface area contributed by atoms with Crippen molar-refractivity contribution in [3.8, 4) is 0 Å². The Kier molecular flexibility index (Phi) is 5.31. The molecule has 27 heavy (non-hydrogen) atoms. The lowest BCUT2D eigenvalue weighted by atomic mass is 10.1. The van der Waals surface area contributed by atoms with Crippen LogP contribution in [0.15, 0.2) is 53.4 Å². The van der Waals surface area contributed by atoms with Gasteiger partial charge in [0.15, 0.2) is 0 Å². The van der Waals surface area contributed by atoms with Crippen molar-refractivity contribution in [2.45, 2.75) is 12.7 Å². The van der Waals surface area contributed by atoms with E-state index in [1.807, 2.05) is 0 Å². The van der Waals surface area contributed by atoms with E-state index in [1.54, 1.807) is 12.1 Å². The van der Waals surface area contributed by atoms with Crippen LogP contribution >= 0.6 is 11.6 Å². The molecule has 0 saturated carbocycles. The average Bonchev–Trinajstić information content (AvgIpc) is 3.14. The van der Waals surface area contributed by atoms with E-state index in [0.717, 1.165) is 18.3 Å². The van der Waals surface area contributed by atoms with Gasteiger partial charge in [-0.25, -0.2) is 9.97 Å². The van der Waals surface area contributed by atoms with Crippen LogP contribution in [0.25, 0.3) is 0 Å². The molecule has 10 heteroatoms. The molecule has 0 aliphatic rings. The highest BCUT2D eigenvalue weighted by atomic mass is 35.5. The molecule has 0 atom stereocenters. The number of hydrogen-bond acceptors (Lipinski definition) is 5. The van der Waals surface area contributed by atoms with E-state index in [0.29, 0.717) is 18.1 Å². The van der Waals surface area contributed by atoms with Crippen molar-refractivity contribution in [2.24, 2.45) is 0 Å². The van der Waals surface area contributed by atoms with Gasteiger partial charge in [-0.1, -0.05) is 11.6 Å². The fraction of sp³-hybridized carbons (Fsp3) is 0.118. The summed E-state index contributed by atoms with van der Waals surface area (Å²) in [5.74, 6) is 0.236. The van der Waals surface area contributed by atoms with Crippen molar-refractivity contribution in [3.05, 3.63) is 71.0 Å². The second-order valence-electron chi connectivity index (χ2n) is 5.36. The van der Waals surface area contributed by atoms with E-state index in [1.165, 1.54) is 18.5 Å². The minimum Gasteiger partial charge on any atom is -0.467 e. The number of rotatable bonds is 5. The number of nitrogens with one attached hydrogen (secondary N) is 2. The van der Waals surface area contributed by atoms with Crippen molar-refractivity contribution >= 4 is 29.0 Å². The van der Waals surface area contributed by atoms with Gasteiger partial charge in [-0.2, -0.15) is 13.2 Å². The summed E-state index contributed by atoms with van der Waals surface area (Å²) in [6.07, 6.45) is -0.686. The van der Waals surface area contributed by atoms with Crippen molar-refractivity contribution < 1.29 is 22.4 Å². The van der Waals surface area contributed by atoms with Crippen LogP contribution in [-0.2, 0) is 12.7 Å². The van der Waals surface area contributed by atoms with Crippen LogP contribution in [0.2, 0.25) is 5.02 Å². The maximum absolute atomic E-state index is 13.1. The Morgan fingerprint density at radius 1 is 1.19 bits per heavy atom. The molecule has 140 valence electrons. The number of halogens is 4. The van der Waals surface area contributed by atoms with Gasteiger partial charge in [-0.3, -0.25) is 4.79 Å². The molecule has 0 aliphatic heterocycles. The highest BCUT2D eigenvalue weighted by Crippen LogP contribution is 2.36. The Bertz CT molecular complexity index is 928. The Morgan fingerprint density at radius 3 is 2.63 bits per heavy atom. The molecular weight excluding hydrogens is 385 g/mol. The molecule has 0 bridgehead atoms. The Balaban J connectivity index is 1.70. The van der Waals surface area contributed by atoms with Gasteiger partial charge in [0.05, 0.1) is 36.5 Å². The standard InChI is InChI=1S/C17H12ClF3N4O2/c18-10-3-4-13(12(6-10)17(19,20)21)25-16(26)14-8-24-15(9-22-14)23-7-11-2-1-5-27-11/h1-6,8-9H,7H2,(H,23,24)(H,25,26). The molecule has 0 fully saturated rings. The maximum Gasteiger partial charge on any atom is 0.418 e. The van der Waals surface area contributed by atoms with Crippen molar-refractivity contribution in [3.63, 3.8) is 0 Å². The minimum absolute atomic E-state index is 0.0906. The summed E-state index contributed by atoms with van der Waals surface area (Å²) in [6.45, 7) is 0.368. The number of benzene rings is 1. The minimum atomic E-state index is -4.67. The molecule has 0 aliphatic carbocycles. The van der Waals surface area contributed by atoms with Crippen molar-refractivity contribution in [1.29, 1.82) is 0 Å².